The van der Waals surface area contributed by atoms with Crippen LogP contribution in [0.2, 0.25) is 38.8 Å². The van der Waals surface area contributed by atoms with Crippen LogP contribution in [0, 0.1) is 0 Å². The lowest BCUT2D eigenvalue weighted by atomic mass is 10.1. The van der Waals surface area contributed by atoms with Crippen LogP contribution in [0.25, 0.3) is 0 Å². The third-order valence-corrected chi connectivity index (χ3v) is 30.5. The van der Waals surface area contributed by atoms with E-state index >= 15 is 0 Å². The van der Waals surface area contributed by atoms with Gasteiger partial charge in [-0.25, -0.2) is 0 Å². The van der Waals surface area contributed by atoms with E-state index in [1.54, 1.807) is 0 Å². The Labute approximate surface area is 395 Å². The first kappa shape index (κ1) is 52.3. The van der Waals surface area contributed by atoms with E-state index in [1.165, 1.54) is 0 Å². The molecule has 362 valence electrons. The topological polar surface area (TPSA) is 92.3 Å². The lowest BCUT2D eigenvalue weighted by molar-refractivity contribution is -0.250. The maximum absolute atomic E-state index is 7.88. The van der Waals surface area contributed by atoms with Crippen molar-refractivity contribution in [2.75, 3.05) is 13.2 Å². The Kier molecular flexibility index (Phi) is 18.5. The molecule has 0 amide bonds. The van der Waals surface area contributed by atoms with Gasteiger partial charge in [0.15, 0.2) is 12.6 Å². The van der Waals surface area contributed by atoms with Gasteiger partial charge in [-0.3, -0.25) is 0 Å². The predicted molar refractivity (Wildman–Crippen MR) is 264 cm³/mol. The van der Waals surface area contributed by atoms with Crippen LogP contribution in [0.5, 0.6) is 0 Å². The number of hydrogen-bond acceptors (Lipinski definition) is 10. The maximum atomic E-state index is 7.88. The van der Waals surface area contributed by atoms with Gasteiger partial charge in [-0.15, -0.1) is 0 Å². The monoisotopic (exact) mass is 951 g/mol. The van der Waals surface area contributed by atoms with Crippen LogP contribution in [-0.4, -0.2) is 87.9 Å². The molecule has 10 nitrogen and oxygen atoms in total. The van der Waals surface area contributed by atoms with Gasteiger partial charge in [0.25, 0.3) is 0 Å². The summed E-state index contributed by atoms with van der Waals surface area (Å²) in [6, 6.07) is 30.5. The number of hydrogen-bond donors (Lipinski definition) is 0. The zero-order valence-electron chi connectivity index (χ0n) is 41.9. The fraction of sp³-hybridized carbons (Fsp3) is 0.654. The third kappa shape index (κ3) is 11.7. The smallest absolute Gasteiger partial charge is 0.335 e. The zero-order valence-corrected chi connectivity index (χ0v) is 44.9. The molecule has 0 unspecified atom stereocenters. The lowest BCUT2D eigenvalue weighted by Gasteiger charge is -2.52. The van der Waals surface area contributed by atoms with Crippen LogP contribution in [0.4, 0.5) is 0 Å². The van der Waals surface area contributed by atoms with E-state index in [-0.39, 0.29) is 28.8 Å². The molecule has 0 aromatic heterocycles. The van der Waals surface area contributed by atoms with Crippen molar-refractivity contribution in [3.63, 3.8) is 0 Å². The van der Waals surface area contributed by atoms with Gasteiger partial charge in [0.2, 0.25) is 8.32 Å². The average molecular weight is 951 g/mol. The molecule has 3 aliphatic rings. The maximum Gasteiger partial charge on any atom is 0.335 e. The number of rotatable bonds is 21. The van der Waals surface area contributed by atoms with Crippen LogP contribution >= 0.6 is 0 Å². The molecule has 8 atom stereocenters. The molecule has 3 aliphatic heterocycles. The molecule has 0 bridgehead atoms. The lowest BCUT2D eigenvalue weighted by Crippen LogP contribution is -2.66. The Hall–Kier alpha value is -2.09. The van der Waals surface area contributed by atoms with Crippen molar-refractivity contribution < 1.29 is 45.8 Å². The highest BCUT2D eigenvalue weighted by atomic mass is 28.5. The molecule has 3 fully saturated rings. The quantitative estimate of drug-likeness (QED) is 0.0961. The molecule has 65 heavy (non-hydrogen) atoms. The van der Waals surface area contributed by atoms with Crippen molar-refractivity contribution in [1.29, 1.82) is 0 Å². The van der Waals surface area contributed by atoms with E-state index in [9.17, 15) is 0 Å². The fourth-order valence-corrected chi connectivity index (χ4v) is 27.6. The second kappa shape index (κ2) is 23.0. The Bertz CT molecular complexity index is 1810. The molecule has 0 saturated carbocycles. The predicted octanol–water partition coefficient (Wildman–Crippen LogP) is 12.4. The highest BCUT2D eigenvalue weighted by Gasteiger charge is 2.64. The zero-order chi connectivity index (χ0) is 47.1. The van der Waals surface area contributed by atoms with Gasteiger partial charge in [-0.1, -0.05) is 188 Å². The minimum absolute atomic E-state index is 0.128. The van der Waals surface area contributed by atoms with Gasteiger partial charge in [0.05, 0.1) is 33.0 Å². The van der Waals surface area contributed by atoms with E-state index in [1.807, 2.05) is 54.6 Å². The van der Waals surface area contributed by atoms with Crippen LogP contribution in [0.3, 0.4) is 0 Å². The molecular formula is C52H82O10Si3. The minimum Gasteiger partial charge on any atom is -0.414 e. The highest BCUT2D eigenvalue weighted by molar-refractivity contribution is 6.84. The molecule has 3 saturated heterocycles. The normalized spacial score (nSPS) is 27.1. The SMILES string of the molecule is CC(C)[Si]1(C(C)C)OC[C@H]2O[C@@H](O[C@@H]3[C@@H](OCc4ccccc4)O[C@H](COCc4ccccc4)[C@H]3OCc3ccccc3)[C@@H](O[Si](C(C)C)(C(C)C)C(C)C)[C@@H]2O[Si](C(C)C)(C(C)C)O1. The summed E-state index contributed by atoms with van der Waals surface area (Å²) >= 11 is 0. The largest absolute Gasteiger partial charge is 0.414 e. The van der Waals surface area contributed by atoms with Crippen LogP contribution in [0.15, 0.2) is 91.0 Å². The molecule has 3 aromatic rings. The van der Waals surface area contributed by atoms with Gasteiger partial charge in [-0.05, 0) is 55.5 Å². The van der Waals surface area contributed by atoms with E-state index < -0.39 is 74.6 Å². The summed E-state index contributed by atoms with van der Waals surface area (Å²) in [5.41, 5.74) is 4.68. The number of benzene rings is 3. The van der Waals surface area contributed by atoms with Crippen LogP contribution in [-0.2, 0) is 65.6 Å². The summed E-state index contributed by atoms with van der Waals surface area (Å²) in [7, 11) is -8.53. The number of ether oxygens (including phenoxy) is 6. The van der Waals surface area contributed by atoms with Gasteiger partial charge in [0, 0.05) is 0 Å². The Morgan fingerprint density at radius 3 is 1.49 bits per heavy atom. The van der Waals surface area contributed by atoms with Crippen molar-refractivity contribution in [2.45, 2.75) is 205 Å². The summed E-state index contributed by atoms with van der Waals surface area (Å²) in [6.07, 6.45) is -5.09. The van der Waals surface area contributed by atoms with E-state index in [4.69, 9.17) is 45.8 Å². The van der Waals surface area contributed by atoms with E-state index in [0.717, 1.165) is 16.7 Å². The van der Waals surface area contributed by atoms with Gasteiger partial charge in [0.1, 0.15) is 36.6 Å². The minimum atomic E-state index is -3.07. The second-order valence-corrected chi connectivity index (χ2v) is 35.0. The first-order valence-corrected chi connectivity index (χ1v) is 30.6. The molecule has 13 heteroatoms. The Morgan fingerprint density at radius 2 is 1.02 bits per heavy atom. The third-order valence-electron chi connectivity index (χ3n) is 14.1. The highest BCUT2D eigenvalue weighted by Crippen LogP contribution is 2.51. The van der Waals surface area contributed by atoms with Gasteiger partial charge >= 0.3 is 17.1 Å². The van der Waals surface area contributed by atoms with E-state index in [2.05, 4.69) is 133 Å². The average Bonchev–Trinajstić information content (AvgIpc) is 3.75. The van der Waals surface area contributed by atoms with Crippen molar-refractivity contribution in [3.8, 4) is 0 Å². The molecule has 3 heterocycles. The standard InChI is InChI=1S/C52H82O10Si3/c1-35(2)63(36(3)4,37(5)6)60-50-48-46(34-56-64(38(7)8,39(9)10)62-65(61-48,40(11)12)41(13)14)58-52(50)59-49-47(54-31-43-26-20-16-21-27-43)45(33-53-30-42-24-18-15-19-25-42)57-51(49)55-32-44-28-22-17-23-29-44/h15-29,35-41,45-52H,30-34H2,1-14H3/t45-,46-,47-,48-,49+,50+,51+,52+/m1/s1. The fourth-order valence-electron chi connectivity index (χ4n) is 10.8. The van der Waals surface area contributed by atoms with Crippen LogP contribution < -0.4 is 0 Å². The number of fused-ring (bicyclic) bond motifs is 1. The van der Waals surface area contributed by atoms with Crippen molar-refractivity contribution in [1.82, 2.24) is 0 Å². The second-order valence-electron chi connectivity index (χ2n) is 20.7. The van der Waals surface area contributed by atoms with Crippen molar-refractivity contribution >= 4 is 25.4 Å². The Morgan fingerprint density at radius 1 is 0.538 bits per heavy atom. The van der Waals surface area contributed by atoms with Crippen molar-refractivity contribution in [2.24, 2.45) is 0 Å². The summed E-state index contributed by atoms with van der Waals surface area (Å²) in [5.74, 6) is 0. The molecular weight excluding hydrogens is 869 g/mol. The first-order chi connectivity index (χ1) is 30.9. The molecule has 0 aliphatic carbocycles. The Balaban J connectivity index is 1.44. The van der Waals surface area contributed by atoms with E-state index in [0.29, 0.717) is 43.1 Å². The summed E-state index contributed by atoms with van der Waals surface area (Å²) in [4.78, 5) is 0. The van der Waals surface area contributed by atoms with Crippen LogP contribution in [0.1, 0.15) is 114 Å². The molecule has 0 N–H and O–H groups in total. The summed E-state index contributed by atoms with van der Waals surface area (Å²) in [6.45, 7) is 33.6. The summed E-state index contributed by atoms with van der Waals surface area (Å²) < 4.78 is 72.4. The van der Waals surface area contributed by atoms with Gasteiger partial charge < -0.3 is 45.8 Å². The first-order valence-electron chi connectivity index (χ1n) is 24.5. The molecule has 3 aromatic carbocycles. The molecule has 0 radical (unpaired) electrons. The van der Waals surface area contributed by atoms with Gasteiger partial charge in [-0.2, -0.15) is 0 Å². The summed E-state index contributed by atoms with van der Waals surface area (Å²) in [5, 5.41) is 0. The van der Waals surface area contributed by atoms with Crippen molar-refractivity contribution in [3.05, 3.63) is 108 Å². The molecule has 6 rings (SSSR count). The molecule has 0 spiro atoms.